The van der Waals surface area contributed by atoms with Gasteiger partial charge >= 0.3 is 0 Å². The standard InChI is InChI=1S/C11H20N2O3/c1-8-7-15-5-4-13(8)11(14)10-3-2-9(6-12)16-10/h8-10H,2-7,12H2,1H3. The first-order valence-corrected chi connectivity index (χ1v) is 5.96. The number of carbonyl (C=O) groups is 1. The average Bonchev–Trinajstić information content (AvgIpc) is 2.77. The number of hydrogen-bond acceptors (Lipinski definition) is 4. The lowest BCUT2D eigenvalue weighted by Crippen LogP contribution is -2.50. The zero-order valence-electron chi connectivity index (χ0n) is 9.72. The molecule has 0 radical (unpaired) electrons. The summed E-state index contributed by atoms with van der Waals surface area (Å²) in [6.07, 6.45) is 1.47. The van der Waals surface area contributed by atoms with Crippen molar-refractivity contribution in [1.29, 1.82) is 0 Å². The van der Waals surface area contributed by atoms with Crippen molar-refractivity contribution in [2.45, 2.75) is 38.0 Å². The molecule has 3 unspecified atom stereocenters. The molecule has 2 aliphatic rings. The normalized spacial score (nSPS) is 35.4. The molecule has 0 spiro atoms. The van der Waals surface area contributed by atoms with E-state index < -0.39 is 0 Å². The molecule has 0 bridgehead atoms. The van der Waals surface area contributed by atoms with E-state index in [-0.39, 0.29) is 24.2 Å². The molecule has 0 aromatic heterocycles. The van der Waals surface area contributed by atoms with Gasteiger partial charge in [0, 0.05) is 13.1 Å². The first-order chi connectivity index (χ1) is 7.72. The minimum absolute atomic E-state index is 0.0605. The van der Waals surface area contributed by atoms with Crippen molar-refractivity contribution in [2.75, 3.05) is 26.3 Å². The Labute approximate surface area is 95.9 Å². The minimum Gasteiger partial charge on any atom is -0.377 e. The summed E-state index contributed by atoms with van der Waals surface area (Å²) in [6.45, 7) is 4.43. The fourth-order valence-corrected chi connectivity index (χ4v) is 2.30. The number of nitrogens with two attached hydrogens (primary N) is 1. The second-order valence-corrected chi connectivity index (χ2v) is 4.52. The van der Waals surface area contributed by atoms with Crippen molar-refractivity contribution in [2.24, 2.45) is 5.73 Å². The predicted octanol–water partition coefficient (Wildman–Crippen LogP) is -0.260. The summed E-state index contributed by atoms with van der Waals surface area (Å²) in [7, 11) is 0. The lowest BCUT2D eigenvalue weighted by Gasteiger charge is -2.34. The number of rotatable bonds is 2. The summed E-state index contributed by atoms with van der Waals surface area (Å²) in [6, 6.07) is 0.154. The van der Waals surface area contributed by atoms with Gasteiger partial charge in [-0.3, -0.25) is 4.79 Å². The molecule has 2 rings (SSSR count). The van der Waals surface area contributed by atoms with Crippen LogP contribution in [0.1, 0.15) is 19.8 Å². The minimum atomic E-state index is -0.283. The summed E-state index contributed by atoms with van der Waals surface area (Å²) >= 11 is 0. The number of carbonyl (C=O) groups excluding carboxylic acids is 1. The maximum absolute atomic E-state index is 12.2. The fourth-order valence-electron chi connectivity index (χ4n) is 2.30. The van der Waals surface area contributed by atoms with E-state index in [1.54, 1.807) is 0 Å². The molecular weight excluding hydrogens is 208 g/mol. The summed E-state index contributed by atoms with van der Waals surface area (Å²) in [5.74, 6) is 0.103. The lowest BCUT2D eigenvalue weighted by molar-refractivity contribution is -0.150. The number of morpholine rings is 1. The van der Waals surface area contributed by atoms with E-state index in [1.807, 2.05) is 11.8 Å². The van der Waals surface area contributed by atoms with E-state index in [0.717, 1.165) is 12.8 Å². The second kappa shape index (κ2) is 5.12. The molecule has 0 aliphatic carbocycles. The van der Waals surface area contributed by atoms with E-state index in [9.17, 15) is 4.79 Å². The molecule has 2 fully saturated rings. The van der Waals surface area contributed by atoms with Gasteiger partial charge in [-0.05, 0) is 19.8 Å². The lowest BCUT2D eigenvalue weighted by atomic mass is 10.1. The van der Waals surface area contributed by atoms with Gasteiger partial charge in [0.15, 0.2) is 0 Å². The van der Waals surface area contributed by atoms with Crippen LogP contribution in [-0.4, -0.2) is 55.4 Å². The van der Waals surface area contributed by atoms with Crippen LogP contribution in [0.2, 0.25) is 0 Å². The predicted molar refractivity (Wildman–Crippen MR) is 58.9 cm³/mol. The molecule has 3 atom stereocenters. The maximum Gasteiger partial charge on any atom is 0.252 e. The van der Waals surface area contributed by atoms with Crippen LogP contribution in [0.15, 0.2) is 0 Å². The third kappa shape index (κ3) is 2.36. The Morgan fingerprint density at radius 2 is 2.31 bits per heavy atom. The molecule has 92 valence electrons. The van der Waals surface area contributed by atoms with Crippen molar-refractivity contribution in [3.63, 3.8) is 0 Å². The Hall–Kier alpha value is -0.650. The molecule has 5 nitrogen and oxygen atoms in total. The highest BCUT2D eigenvalue weighted by Crippen LogP contribution is 2.22. The van der Waals surface area contributed by atoms with Crippen LogP contribution in [0, 0.1) is 0 Å². The maximum atomic E-state index is 12.2. The summed E-state index contributed by atoms with van der Waals surface area (Å²) in [5.41, 5.74) is 5.53. The number of hydrogen-bond donors (Lipinski definition) is 1. The monoisotopic (exact) mass is 228 g/mol. The average molecular weight is 228 g/mol. The van der Waals surface area contributed by atoms with Gasteiger partial charge in [0.2, 0.25) is 0 Å². The zero-order chi connectivity index (χ0) is 11.5. The van der Waals surface area contributed by atoms with Gasteiger partial charge in [0.1, 0.15) is 6.10 Å². The van der Waals surface area contributed by atoms with Crippen molar-refractivity contribution in [3.05, 3.63) is 0 Å². The summed E-state index contributed by atoms with van der Waals surface area (Å²) < 4.78 is 10.9. The third-order valence-electron chi connectivity index (χ3n) is 3.30. The van der Waals surface area contributed by atoms with Gasteiger partial charge < -0.3 is 20.1 Å². The third-order valence-corrected chi connectivity index (χ3v) is 3.30. The molecule has 0 aromatic carbocycles. The molecule has 2 N–H and O–H groups in total. The van der Waals surface area contributed by atoms with Gasteiger partial charge in [-0.25, -0.2) is 0 Å². The number of ether oxygens (including phenoxy) is 2. The highest BCUT2D eigenvalue weighted by molar-refractivity contribution is 5.81. The highest BCUT2D eigenvalue weighted by Gasteiger charge is 2.35. The van der Waals surface area contributed by atoms with Crippen LogP contribution in [0.3, 0.4) is 0 Å². The largest absolute Gasteiger partial charge is 0.377 e. The Bertz CT molecular complexity index is 260. The number of nitrogens with zero attached hydrogens (tertiary/aromatic N) is 1. The molecule has 16 heavy (non-hydrogen) atoms. The zero-order valence-corrected chi connectivity index (χ0v) is 9.72. The topological polar surface area (TPSA) is 64.8 Å². The van der Waals surface area contributed by atoms with Crippen LogP contribution in [0.5, 0.6) is 0 Å². The molecule has 0 saturated carbocycles. The van der Waals surface area contributed by atoms with E-state index in [4.69, 9.17) is 15.2 Å². The van der Waals surface area contributed by atoms with Gasteiger partial charge in [0.05, 0.1) is 25.4 Å². The molecule has 1 amide bonds. The highest BCUT2D eigenvalue weighted by atomic mass is 16.5. The molecule has 0 aromatic rings. The fraction of sp³-hybridized carbons (Fsp3) is 0.909. The van der Waals surface area contributed by atoms with Gasteiger partial charge in [-0.15, -0.1) is 0 Å². The van der Waals surface area contributed by atoms with Crippen LogP contribution in [0.25, 0.3) is 0 Å². The van der Waals surface area contributed by atoms with Gasteiger partial charge in [-0.1, -0.05) is 0 Å². The van der Waals surface area contributed by atoms with Crippen LogP contribution in [-0.2, 0) is 14.3 Å². The Balaban J connectivity index is 1.91. The quantitative estimate of drug-likeness (QED) is 0.707. The van der Waals surface area contributed by atoms with Crippen molar-refractivity contribution < 1.29 is 14.3 Å². The second-order valence-electron chi connectivity index (χ2n) is 4.52. The van der Waals surface area contributed by atoms with Crippen molar-refractivity contribution in [3.8, 4) is 0 Å². The first kappa shape index (κ1) is 11.8. The van der Waals surface area contributed by atoms with E-state index in [0.29, 0.717) is 26.3 Å². The molecule has 5 heteroatoms. The molecule has 2 heterocycles. The Kier molecular flexibility index (Phi) is 3.78. The van der Waals surface area contributed by atoms with Crippen molar-refractivity contribution >= 4 is 5.91 Å². The molecule has 2 aliphatic heterocycles. The van der Waals surface area contributed by atoms with Gasteiger partial charge in [0.25, 0.3) is 5.91 Å². The Morgan fingerprint density at radius 3 is 2.94 bits per heavy atom. The number of amides is 1. The van der Waals surface area contributed by atoms with Crippen LogP contribution < -0.4 is 5.73 Å². The summed E-state index contributed by atoms with van der Waals surface area (Å²) in [4.78, 5) is 14.0. The van der Waals surface area contributed by atoms with E-state index in [2.05, 4.69) is 0 Å². The van der Waals surface area contributed by atoms with Crippen LogP contribution in [0.4, 0.5) is 0 Å². The SMILES string of the molecule is CC1COCCN1C(=O)C1CCC(CN)O1. The molecule has 2 saturated heterocycles. The Morgan fingerprint density at radius 1 is 1.50 bits per heavy atom. The van der Waals surface area contributed by atoms with Crippen molar-refractivity contribution in [1.82, 2.24) is 4.90 Å². The summed E-state index contributed by atoms with van der Waals surface area (Å²) in [5, 5.41) is 0. The van der Waals surface area contributed by atoms with Crippen LogP contribution >= 0.6 is 0 Å². The van der Waals surface area contributed by atoms with E-state index >= 15 is 0 Å². The first-order valence-electron chi connectivity index (χ1n) is 5.96. The smallest absolute Gasteiger partial charge is 0.252 e. The van der Waals surface area contributed by atoms with E-state index in [1.165, 1.54) is 0 Å². The molecular formula is C11H20N2O3. The van der Waals surface area contributed by atoms with Gasteiger partial charge in [-0.2, -0.15) is 0 Å².